The molecule has 0 unspecified atom stereocenters. The van der Waals surface area contributed by atoms with Crippen LogP contribution in [0.2, 0.25) is 0 Å². The number of piperazine rings is 1. The fourth-order valence-electron chi connectivity index (χ4n) is 2.93. The topological polar surface area (TPSA) is 73.0 Å². The third-order valence-electron chi connectivity index (χ3n) is 4.04. The van der Waals surface area contributed by atoms with E-state index < -0.39 is 6.04 Å². The number of para-hydroxylation sites is 1. The first kappa shape index (κ1) is 15.3. The first-order valence-corrected chi connectivity index (χ1v) is 7.74. The van der Waals surface area contributed by atoms with Crippen molar-refractivity contribution < 1.29 is 14.4 Å². The lowest BCUT2D eigenvalue weighted by Gasteiger charge is -2.35. The second kappa shape index (κ2) is 5.91. The molecule has 7 nitrogen and oxygen atoms in total. The van der Waals surface area contributed by atoms with Crippen LogP contribution in [0.15, 0.2) is 30.3 Å². The minimum absolute atomic E-state index is 0.0299. The maximum Gasteiger partial charge on any atom is 0.332 e. The van der Waals surface area contributed by atoms with Gasteiger partial charge in [0.1, 0.15) is 6.04 Å². The number of urea groups is 2. The Bertz CT molecular complexity index is 631. The quantitative estimate of drug-likeness (QED) is 0.835. The highest BCUT2D eigenvalue weighted by atomic mass is 16.2. The van der Waals surface area contributed by atoms with Crippen molar-refractivity contribution in [3.05, 3.63) is 30.3 Å². The highest BCUT2D eigenvalue weighted by Crippen LogP contribution is 2.27. The molecule has 0 radical (unpaired) electrons. The van der Waals surface area contributed by atoms with Crippen molar-refractivity contribution in [1.29, 1.82) is 0 Å². The van der Waals surface area contributed by atoms with E-state index in [2.05, 4.69) is 5.32 Å². The van der Waals surface area contributed by atoms with E-state index in [4.69, 9.17) is 0 Å². The van der Waals surface area contributed by atoms with Gasteiger partial charge in [-0.25, -0.2) is 14.5 Å². The van der Waals surface area contributed by atoms with Crippen LogP contribution < -0.4 is 10.2 Å². The van der Waals surface area contributed by atoms with Crippen LogP contribution in [0, 0.1) is 0 Å². The number of hydrogen-bond donors (Lipinski definition) is 1. The molecule has 2 heterocycles. The summed E-state index contributed by atoms with van der Waals surface area (Å²) in [5.74, 6) is -0.275. The zero-order chi connectivity index (χ0) is 16.6. The number of nitrogens with one attached hydrogen (secondary N) is 1. The van der Waals surface area contributed by atoms with Crippen molar-refractivity contribution in [3.8, 4) is 0 Å². The SMILES string of the molecule is CC(C)NC(=O)N1CCN2C(=O)N(c3ccccc3)C(=O)[C@@H]2C1. The molecule has 0 bridgehead atoms. The Morgan fingerprint density at radius 1 is 1.17 bits per heavy atom. The van der Waals surface area contributed by atoms with Gasteiger partial charge < -0.3 is 15.1 Å². The molecular weight excluding hydrogens is 296 g/mol. The first-order chi connectivity index (χ1) is 11.0. The highest BCUT2D eigenvalue weighted by Gasteiger charge is 2.48. The lowest BCUT2D eigenvalue weighted by Crippen LogP contribution is -2.57. The molecule has 2 saturated heterocycles. The first-order valence-electron chi connectivity index (χ1n) is 7.74. The Morgan fingerprint density at radius 2 is 1.87 bits per heavy atom. The Kier molecular flexibility index (Phi) is 3.94. The summed E-state index contributed by atoms with van der Waals surface area (Å²) in [7, 11) is 0. The normalized spacial score (nSPS) is 21.0. The van der Waals surface area contributed by atoms with Crippen LogP contribution in [0.1, 0.15) is 13.8 Å². The van der Waals surface area contributed by atoms with Crippen LogP contribution >= 0.6 is 0 Å². The fourth-order valence-corrected chi connectivity index (χ4v) is 2.93. The highest BCUT2D eigenvalue weighted by molar-refractivity contribution is 6.21. The average molecular weight is 316 g/mol. The Balaban J connectivity index is 1.78. The Hall–Kier alpha value is -2.57. The van der Waals surface area contributed by atoms with E-state index >= 15 is 0 Å². The third kappa shape index (κ3) is 2.74. The molecule has 1 N–H and O–H groups in total. The van der Waals surface area contributed by atoms with Gasteiger partial charge in [0.2, 0.25) is 0 Å². The molecule has 1 atom stereocenters. The second-order valence-electron chi connectivity index (χ2n) is 6.05. The van der Waals surface area contributed by atoms with Gasteiger partial charge in [0.25, 0.3) is 5.91 Å². The molecule has 1 aromatic rings. The third-order valence-corrected chi connectivity index (χ3v) is 4.04. The van der Waals surface area contributed by atoms with E-state index in [9.17, 15) is 14.4 Å². The van der Waals surface area contributed by atoms with Crippen molar-refractivity contribution >= 4 is 23.7 Å². The molecule has 0 aliphatic carbocycles. The van der Waals surface area contributed by atoms with Crippen molar-refractivity contribution in [1.82, 2.24) is 15.1 Å². The molecule has 2 aliphatic rings. The largest absolute Gasteiger partial charge is 0.336 e. The molecule has 122 valence electrons. The number of hydrogen-bond acceptors (Lipinski definition) is 3. The minimum Gasteiger partial charge on any atom is -0.336 e. The maximum atomic E-state index is 12.6. The van der Waals surface area contributed by atoms with E-state index in [0.29, 0.717) is 18.8 Å². The average Bonchev–Trinajstić information content (AvgIpc) is 2.78. The molecule has 7 heteroatoms. The molecule has 2 aliphatic heterocycles. The predicted molar refractivity (Wildman–Crippen MR) is 85.1 cm³/mol. The molecule has 23 heavy (non-hydrogen) atoms. The van der Waals surface area contributed by atoms with Crippen LogP contribution in [-0.4, -0.2) is 59.5 Å². The van der Waals surface area contributed by atoms with Crippen molar-refractivity contribution in [2.24, 2.45) is 0 Å². The summed E-state index contributed by atoms with van der Waals surface area (Å²) in [6.07, 6.45) is 0. The number of carbonyl (C=O) groups excluding carboxylic acids is 3. The Labute approximate surface area is 134 Å². The number of benzene rings is 1. The van der Waals surface area contributed by atoms with Crippen molar-refractivity contribution in [3.63, 3.8) is 0 Å². The second-order valence-corrected chi connectivity index (χ2v) is 6.05. The van der Waals surface area contributed by atoms with Gasteiger partial charge >= 0.3 is 12.1 Å². The van der Waals surface area contributed by atoms with Crippen LogP contribution in [0.25, 0.3) is 0 Å². The van der Waals surface area contributed by atoms with Crippen LogP contribution in [0.5, 0.6) is 0 Å². The van der Waals surface area contributed by atoms with Crippen LogP contribution in [0.4, 0.5) is 15.3 Å². The van der Waals surface area contributed by atoms with Gasteiger partial charge in [-0.3, -0.25) is 4.79 Å². The standard InChI is InChI=1S/C16H20N4O3/c1-11(2)17-15(22)18-8-9-19-13(10-18)14(21)20(16(19)23)12-6-4-3-5-7-12/h3-7,11,13H,8-10H2,1-2H3,(H,17,22)/t13-/m0/s1. The van der Waals surface area contributed by atoms with Crippen LogP contribution in [-0.2, 0) is 4.79 Å². The van der Waals surface area contributed by atoms with E-state index in [-0.39, 0.29) is 30.6 Å². The number of fused-ring (bicyclic) bond motifs is 1. The summed E-state index contributed by atoms with van der Waals surface area (Å²) in [5.41, 5.74) is 0.565. The maximum absolute atomic E-state index is 12.6. The molecule has 3 rings (SSSR count). The molecule has 0 aromatic heterocycles. The summed E-state index contributed by atoms with van der Waals surface area (Å²) >= 11 is 0. The number of imide groups is 1. The van der Waals surface area contributed by atoms with Gasteiger partial charge in [0, 0.05) is 19.1 Å². The molecular formula is C16H20N4O3. The minimum atomic E-state index is -0.602. The number of nitrogens with zero attached hydrogens (tertiary/aromatic N) is 3. The van der Waals surface area contributed by atoms with E-state index in [1.807, 2.05) is 19.9 Å². The summed E-state index contributed by atoms with van der Waals surface area (Å²) in [6.45, 7) is 4.79. The fraction of sp³-hybridized carbons (Fsp3) is 0.438. The molecule has 1 aromatic carbocycles. The van der Waals surface area contributed by atoms with Crippen molar-refractivity contribution in [2.45, 2.75) is 25.9 Å². The van der Waals surface area contributed by atoms with Gasteiger partial charge in [0.05, 0.1) is 12.2 Å². The summed E-state index contributed by atoms with van der Waals surface area (Å²) in [4.78, 5) is 41.6. The molecule has 0 spiro atoms. The number of anilines is 1. The predicted octanol–water partition coefficient (Wildman–Crippen LogP) is 1.26. The van der Waals surface area contributed by atoms with E-state index in [0.717, 1.165) is 0 Å². The van der Waals surface area contributed by atoms with E-state index in [1.165, 1.54) is 4.90 Å². The monoisotopic (exact) mass is 316 g/mol. The summed E-state index contributed by atoms with van der Waals surface area (Å²) < 4.78 is 0. The lowest BCUT2D eigenvalue weighted by molar-refractivity contribution is -0.120. The number of carbonyl (C=O) groups is 3. The molecule has 2 fully saturated rings. The molecule has 5 amide bonds. The zero-order valence-corrected chi connectivity index (χ0v) is 13.2. The van der Waals surface area contributed by atoms with Gasteiger partial charge in [-0.05, 0) is 26.0 Å². The van der Waals surface area contributed by atoms with E-state index in [1.54, 1.807) is 34.1 Å². The van der Waals surface area contributed by atoms with Gasteiger partial charge in [0.15, 0.2) is 0 Å². The molecule has 0 saturated carbocycles. The van der Waals surface area contributed by atoms with Gasteiger partial charge in [-0.2, -0.15) is 0 Å². The summed E-state index contributed by atoms with van der Waals surface area (Å²) in [6, 6.07) is 7.80. The smallest absolute Gasteiger partial charge is 0.332 e. The van der Waals surface area contributed by atoms with Crippen LogP contribution in [0.3, 0.4) is 0 Å². The lowest BCUT2D eigenvalue weighted by atomic mass is 10.2. The number of amides is 5. The van der Waals surface area contributed by atoms with Crippen molar-refractivity contribution in [2.75, 3.05) is 24.5 Å². The number of rotatable bonds is 2. The zero-order valence-electron chi connectivity index (χ0n) is 13.2. The van der Waals surface area contributed by atoms with Gasteiger partial charge in [-0.1, -0.05) is 18.2 Å². The van der Waals surface area contributed by atoms with Gasteiger partial charge in [-0.15, -0.1) is 0 Å². The Morgan fingerprint density at radius 3 is 2.52 bits per heavy atom. The summed E-state index contributed by atoms with van der Waals surface area (Å²) in [5, 5.41) is 2.82.